The molecule has 0 aliphatic carbocycles. The SMILES string of the molecule is CCOC(=O)NC(=O)c1c(NC(=O)C2CCN(S(=O)(=O)c3ccc(Cl)s3)CC2)sc(C)c1C. The average Bonchev–Trinajstić information content (AvgIpc) is 3.31. The first-order valence-corrected chi connectivity index (χ1v) is 13.6. The number of rotatable bonds is 6. The van der Waals surface area contributed by atoms with E-state index in [-0.39, 0.29) is 35.4 Å². The standard InChI is InChI=1S/C20H24ClN3O6S3/c1-4-30-20(27)23-18(26)16-11(2)12(3)31-19(16)22-17(25)13-7-9-24(10-8-13)33(28,29)15-6-5-14(21)32-15/h5-6,13H,4,7-10H2,1-3H3,(H,22,25)(H,23,26,27). The number of halogens is 1. The van der Waals surface area contributed by atoms with Gasteiger partial charge in [0.05, 0.1) is 16.5 Å². The zero-order chi connectivity index (χ0) is 24.3. The summed E-state index contributed by atoms with van der Waals surface area (Å²) in [5, 5.41) is 5.30. The third kappa shape index (κ3) is 5.75. The summed E-state index contributed by atoms with van der Waals surface area (Å²) in [5.41, 5.74) is 0.876. The van der Waals surface area contributed by atoms with Gasteiger partial charge < -0.3 is 10.1 Å². The van der Waals surface area contributed by atoms with Gasteiger partial charge in [-0.3, -0.25) is 14.9 Å². The normalized spacial score (nSPS) is 15.3. The second-order valence-electron chi connectivity index (χ2n) is 7.39. The largest absolute Gasteiger partial charge is 0.450 e. The van der Waals surface area contributed by atoms with Crippen LogP contribution in [0.15, 0.2) is 16.3 Å². The first-order chi connectivity index (χ1) is 15.5. The third-order valence-corrected chi connectivity index (χ3v) is 10.0. The minimum absolute atomic E-state index is 0.123. The van der Waals surface area contributed by atoms with Crippen molar-refractivity contribution in [2.75, 3.05) is 25.0 Å². The molecule has 0 radical (unpaired) electrons. The summed E-state index contributed by atoms with van der Waals surface area (Å²) in [4.78, 5) is 38.0. The van der Waals surface area contributed by atoms with Gasteiger partial charge in [-0.05, 0) is 51.3 Å². The van der Waals surface area contributed by atoms with E-state index in [2.05, 4.69) is 10.6 Å². The van der Waals surface area contributed by atoms with Gasteiger partial charge in [-0.25, -0.2) is 13.2 Å². The van der Waals surface area contributed by atoms with Crippen LogP contribution in [0, 0.1) is 19.8 Å². The van der Waals surface area contributed by atoms with E-state index in [0.717, 1.165) is 16.2 Å². The maximum atomic E-state index is 12.9. The predicted molar refractivity (Wildman–Crippen MR) is 128 cm³/mol. The minimum Gasteiger partial charge on any atom is -0.450 e. The fraction of sp³-hybridized carbons (Fsp3) is 0.450. The highest BCUT2D eigenvalue weighted by Crippen LogP contribution is 2.34. The fourth-order valence-corrected chi connectivity index (χ4v) is 7.61. The molecule has 0 spiro atoms. The molecular formula is C20H24ClN3O6S3. The van der Waals surface area contributed by atoms with Crippen LogP contribution in [0.3, 0.4) is 0 Å². The van der Waals surface area contributed by atoms with Crippen LogP contribution >= 0.6 is 34.3 Å². The molecule has 13 heteroatoms. The number of aryl methyl sites for hydroxylation is 1. The highest BCUT2D eigenvalue weighted by molar-refractivity contribution is 7.91. The van der Waals surface area contributed by atoms with E-state index in [9.17, 15) is 22.8 Å². The van der Waals surface area contributed by atoms with Crippen molar-refractivity contribution in [1.82, 2.24) is 9.62 Å². The van der Waals surface area contributed by atoms with Crippen LogP contribution in [0.5, 0.6) is 0 Å². The maximum Gasteiger partial charge on any atom is 0.414 e. The van der Waals surface area contributed by atoms with E-state index in [1.807, 2.05) is 6.92 Å². The Bertz CT molecular complexity index is 1170. The number of alkyl carbamates (subject to hydrolysis) is 1. The number of nitrogens with zero attached hydrogens (tertiary/aromatic N) is 1. The summed E-state index contributed by atoms with van der Waals surface area (Å²) in [7, 11) is -3.64. The van der Waals surface area contributed by atoms with Crippen molar-refractivity contribution < 1.29 is 27.5 Å². The van der Waals surface area contributed by atoms with Crippen molar-refractivity contribution in [2.24, 2.45) is 5.92 Å². The van der Waals surface area contributed by atoms with Crippen LogP contribution in [0.4, 0.5) is 9.80 Å². The molecular weight excluding hydrogens is 510 g/mol. The summed E-state index contributed by atoms with van der Waals surface area (Å²) >= 11 is 8.11. The number of piperidine rings is 1. The number of carbonyl (C=O) groups is 3. The van der Waals surface area contributed by atoms with Gasteiger partial charge in [0.1, 0.15) is 9.21 Å². The molecule has 1 aliphatic rings. The fourth-order valence-electron chi connectivity index (χ4n) is 3.45. The molecule has 0 atom stereocenters. The smallest absolute Gasteiger partial charge is 0.414 e. The predicted octanol–water partition coefficient (Wildman–Crippen LogP) is 4.01. The highest BCUT2D eigenvalue weighted by atomic mass is 35.5. The van der Waals surface area contributed by atoms with E-state index in [1.54, 1.807) is 19.9 Å². The number of hydrogen-bond donors (Lipinski definition) is 2. The molecule has 1 saturated heterocycles. The topological polar surface area (TPSA) is 122 Å². The molecule has 2 aromatic rings. The Balaban J connectivity index is 1.66. The lowest BCUT2D eigenvalue weighted by Gasteiger charge is -2.30. The average molecular weight is 534 g/mol. The van der Waals surface area contributed by atoms with E-state index in [1.165, 1.54) is 21.7 Å². The van der Waals surface area contributed by atoms with E-state index in [0.29, 0.717) is 27.7 Å². The first kappa shape index (κ1) is 25.6. The van der Waals surface area contributed by atoms with Crippen molar-refractivity contribution in [2.45, 2.75) is 37.8 Å². The molecule has 1 aliphatic heterocycles. The second-order valence-corrected chi connectivity index (χ2v) is 12.5. The molecule has 3 heterocycles. The molecule has 0 aromatic carbocycles. The number of anilines is 1. The molecule has 180 valence electrons. The number of sulfonamides is 1. The number of carbonyl (C=O) groups excluding carboxylic acids is 3. The summed E-state index contributed by atoms with van der Waals surface area (Å²) in [6.45, 7) is 5.71. The van der Waals surface area contributed by atoms with Crippen LogP contribution in [0.25, 0.3) is 0 Å². The van der Waals surface area contributed by atoms with Crippen molar-refractivity contribution in [1.29, 1.82) is 0 Å². The van der Waals surface area contributed by atoms with Crippen molar-refractivity contribution >= 4 is 67.2 Å². The van der Waals surface area contributed by atoms with Crippen LogP contribution in [-0.4, -0.2) is 50.3 Å². The summed E-state index contributed by atoms with van der Waals surface area (Å²) in [6, 6.07) is 3.02. The molecule has 2 aromatic heterocycles. The monoisotopic (exact) mass is 533 g/mol. The Morgan fingerprint density at radius 3 is 2.42 bits per heavy atom. The van der Waals surface area contributed by atoms with Crippen LogP contribution < -0.4 is 10.6 Å². The Labute approximate surface area is 205 Å². The van der Waals surface area contributed by atoms with Crippen molar-refractivity contribution in [3.8, 4) is 0 Å². The van der Waals surface area contributed by atoms with Gasteiger partial charge in [-0.1, -0.05) is 11.6 Å². The highest BCUT2D eigenvalue weighted by Gasteiger charge is 2.33. The van der Waals surface area contributed by atoms with Gasteiger partial charge >= 0.3 is 6.09 Å². The Hall–Kier alpha value is -1.99. The first-order valence-electron chi connectivity index (χ1n) is 10.2. The number of imide groups is 1. The second kappa shape index (κ2) is 10.5. The molecule has 2 N–H and O–H groups in total. The van der Waals surface area contributed by atoms with Crippen LogP contribution in [0.1, 0.15) is 40.6 Å². The molecule has 3 rings (SSSR count). The lowest BCUT2D eigenvalue weighted by Crippen LogP contribution is -2.41. The summed E-state index contributed by atoms with van der Waals surface area (Å²) in [5.74, 6) is -1.36. The molecule has 0 bridgehead atoms. The molecule has 3 amide bonds. The zero-order valence-electron chi connectivity index (χ0n) is 18.3. The number of nitrogens with one attached hydrogen (secondary N) is 2. The zero-order valence-corrected chi connectivity index (χ0v) is 21.5. The number of thiophene rings is 2. The van der Waals surface area contributed by atoms with Gasteiger partial charge in [0.25, 0.3) is 15.9 Å². The Morgan fingerprint density at radius 1 is 1.18 bits per heavy atom. The third-order valence-electron chi connectivity index (χ3n) is 5.31. The van der Waals surface area contributed by atoms with Gasteiger partial charge in [0.15, 0.2) is 0 Å². The van der Waals surface area contributed by atoms with E-state index < -0.39 is 27.9 Å². The van der Waals surface area contributed by atoms with Gasteiger partial charge in [0.2, 0.25) is 5.91 Å². The van der Waals surface area contributed by atoms with Gasteiger partial charge in [-0.2, -0.15) is 4.31 Å². The number of amides is 3. The molecule has 1 fully saturated rings. The lowest BCUT2D eigenvalue weighted by atomic mass is 9.97. The lowest BCUT2D eigenvalue weighted by molar-refractivity contribution is -0.120. The van der Waals surface area contributed by atoms with Crippen molar-refractivity contribution in [3.05, 3.63) is 32.5 Å². The molecule has 0 saturated carbocycles. The van der Waals surface area contributed by atoms with E-state index >= 15 is 0 Å². The molecule has 9 nitrogen and oxygen atoms in total. The number of hydrogen-bond acceptors (Lipinski definition) is 8. The molecule has 33 heavy (non-hydrogen) atoms. The summed E-state index contributed by atoms with van der Waals surface area (Å²) in [6.07, 6.45) is -0.168. The van der Waals surface area contributed by atoms with Gasteiger partial charge in [0, 0.05) is 23.9 Å². The quantitative estimate of drug-likeness (QED) is 0.578. The minimum atomic E-state index is -3.64. The Morgan fingerprint density at radius 2 is 1.85 bits per heavy atom. The summed E-state index contributed by atoms with van der Waals surface area (Å²) < 4.78 is 32.2. The molecule has 0 unspecified atom stereocenters. The Kier molecular flexibility index (Phi) is 8.17. The maximum absolute atomic E-state index is 12.9. The number of ether oxygens (including phenoxy) is 1. The van der Waals surface area contributed by atoms with Gasteiger partial charge in [-0.15, -0.1) is 22.7 Å². The van der Waals surface area contributed by atoms with E-state index in [4.69, 9.17) is 16.3 Å². The van der Waals surface area contributed by atoms with Crippen molar-refractivity contribution in [3.63, 3.8) is 0 Å². The van der Waals surface area contributed by atoms with Crippen LogP contribution in [0.2, 0.25) is 4.34 Å². The van der Waals surface area contributed by atoms with Crippen LogP contribution in [-0.2, 0) is 19.6 Å².